The number of carbonyl (C=O) groups excluding carboxylic acids is 4. The van der Waals surface area contributed by atoms with Crippen molar-refractivity contribution < 1.29 is 28.7 Å². The largest absolute Gasteiger partial charge is 0.423 e. The SMILES string of the molecule is Cc1cccc(C(=O)NCC(=O)NN=Cc2ccc(OC(=O)c3ccc(Cl)cc3)cc2OC(=O)c2ccc(Cl)cc2)c1. The Balaban J connectivity index is 1.46. The molecular formula is C31H23Cl2N3O6. The Morgan fingerprint density at radius 2 is 1.38 bits per heavy atom. The Morgan fingerprint density at radius 1 is 0.762 bits per heavy atom. The molecule has 0 aromatic heterocycles. The van der Waals surface area contributed by atoms with Gasteiger partial charge in [0.25, 0.3) is 11.8 Å². The van der Waals surface area contributed by atoms with Crippen LogP contribution in [0.2, 0.25) is 10.0 Å². The molecule has 4 rings (SSSR count). The second-order valence-electron chi connectivity index (χ2n) is 8.84. The van der Waals surface area contributed by atoms with Crippen LogP contribution in [-0.2, 0) is 4.79 Å². The van der Waals surface area contributed by atoms with Gasteiger partial charge in [-0.15, -0.1) is 0 Å². The highest BCUT2D eigenvalue weighted by atomic mass is 35.5. The summed E-state index contributed by atoms with van der Waals surface area (Å²) in [4.78, 5) is 49.9. The van der Waals surface area contributed by atoms with Gasteiger partial charge in [0.1, 0.15) is 11.5 Å². The molecule has 0 atom stereocenters. The summed E-state index contributed by atoms with van der Waals surface area (Å²) < 4.78 is 11.0. The van der Waals surface area contributed by atoms with Crippen molar-refractivity contribution in [1.82, 2.24) is 10.7 Å². The van der Waals surface area contributed by atoms with Crippen LogP contribution in [0.25, 0.3) is 0 Å². The molecule has 0 aliphatic rings. The van der Waals surface area contributed by atoms with Gasteiger partial charge in [0, 0.05) is 27.2 Å². The Labute approximate surface area is 251 Å². The zero-order chi connectivity index (χ0) is 30.1. The minimum absolute atomic E-state index is 0.00195. The molecule has 4 aromatic rings. The molecule has 0 aliphatic heterocycles. The third-order valence-electron chi connectivity index (χ3n) is 5.64. The molecule has 0 saturated carbocycles. The van der Waals surface area contributed by atoms with Crippen LogP contribution in [0.1, 0.15) is 42.2 Å². The van der Waals surface area contributed by atoms with Crippen molar-refractivity contribution in [1.29, 1.82) is 0 Å². The molecule has 0 saturated heterocycles. The lowest BCUT2D eigenvalue weighted by Gasteiger charge is -2.11. The average molecular weight is 604 g/mol. The molecule has 0 fully saturated rings. The maximum atomic E-state index is 12.8. The summed E-state index contributed by atoms with van der Waals surface area (Å²) in [5, 5.41) is 7.33. The van der Waals surface area contributed by atoms with Crippen molar-refractivity contribution in [3.63, 3.8) is 0 Å². The van der Waals surface area contributed by atoms with Crippen molar-refractivity contribution in [3.05, 3.63) is 129 Å². The number of halogens is 2. The van der Waals surface area contributed by atoms with E-state index in [1.54, 1.807) is 30.3 Å². The fraction of sp³-hybridized carbons (Fsp3) is 0.0645. The van der Waals surface area contributed by atoms with Gasteiger partial charge in [0.05, 0.1) is 23.9 Å². The molecule has 2 amide bonds. The van der Waals surface area contributed by atoms with Gasteiger partial charge < -0.3 is 14.8 Å². The lowest BCUT2D eigenvalue weighted by atomic mass is 10.1. The molecule has 0 bridgehead atoms. The van der Waals surface area contributed by atoms with E-state index in [0.29, 0.717) is 15.6 Å². The van der Waals surface area contributed by atoms with Crippen LogP contribution >= 0.6 is 23.2 Å². The van der Waals surface area contributed by atoms with Gasteiger partial charge >= 0.3 is 11.9 Å². The van der Waals surface area contributed by atoms with Gasteiger partial charge in [-0.2, -0.15) is 5.10 Å². The van der Waals surface area contributed by atoms with E-state index < -0.39 is 23.8 Å². The number of amides is 2. The van der Waals surface area contributed by atoms with E-state index in [2.05, 4.69) is 15.8 Å². The predicted molar refractivity (Wildman–Crippen MR) is 159 cm³/mol. The first kappa shape index (κ1) is 30.0. The van der Waals surface area contributed by atoms with Crippen LogP contribution in [-0.4, -0.2) is 36.5 Å². The highest BCUT2D eigenvalue weighted by Crippen LogP contribution is 2.26. The standard InChI is InChI=1S/C31H23Cl2N3O6/c1-19-3-2-4-22(15-19)29(38)34-18-28(37)36-35-17-23-9-14-26(41-30(39)20-5-10-24(32)11-6-20)16-27(23)42-31(40)21-7-12-25(33)13-8-21/h2-17H,18H2,1H3,(H,34,38)(H,36,37). The zero-order valence-corrected chi connectivity index (χ0v) is 23.6. The first-order valence-corrected chi connectivity index (χ1v) is 13.2. The number of aryl methyl sites for hydroxylation is 1. The molecule has 0 unspecified atom stereocenters. The van der Waals surface area contributed by atoms with Crippen LogP contribution < -0.4 is 20.2 Å². The summed E-state index contributed by atoms with van der Waals surface area (Å²) in [6.45, 7) is 1.54. The number of benzene rings is 4. The fourth-order valence-electron chi connectivity index (χ4n) is 3.53. The number of hydrazone groups is 1. The van der Waals surface area contributed by atoms with Crippen LogP contribution in [0, 0.1) is 6.92 Å². The topological polar surface area (TPSA) is 123 Å². The predicted octanol–water partition coefficient (Wildman–Crippen LogP) is 5.62. The highest BCUT2D eigenvalue weighted by molar-refractivity contribution is 6.31. The average Bonchev–Trinajstić information content (AvgIpc) is 2.97. The van der Waals surface area contributed by atoms with Gasteiger partial charge in [0.2, 0.25) is 0 Å². The maximum absolute atomic E-state index is 12.8. The molecule has 9 nitrogen and oxygen atoms in total. The molecule has 0 aliphatic carbocycles. The van der Waals surface area contributed by atoms with E-state index >= 15 is 0 Å². The van der Waals surface area contributed by atoms with Gasteiger partial charge in [0.15, 0.2) is 0 Å². The normalized spacial score (nSPS) is 10.6. The van der Waals surface area contributed by atoms with Crippen molar-refractivity contribution in [3.8, 4) is 11.5 Å². The number of hydrogen-bond donors (Lipinski definition) is 2. The number of carbonyl (C=O) groups is 4. The van der Waals surface area contributed by atoms with E-state index in [4.69, 9.17) is 32.7 Å². The molecule has 2 N–H and O–H groups in total. The summed E-state index contributed by atoms with van der Waals surface area (Å²) in [6, 6.07) is 23.5. The van der Waals surface area contributed by atoms with Crippen LogP contribution in [0.5, 0.6) is 11.5 Å². The first-order valence-electron chi connectivity index (χ1n) is 12.4. The van der Waals surface area contributed by atoms with E-state index in [1.165, 1.54) is 60.8 Å². The second-order valence-corrected chi connectivity index (χ2v) is 9.71. The maximum Gasteiger partial charge on any atom is 0.343 e. The van der Waals surface area contributed by atoms with E-state index in [-0.39, 0.29) is 34.7 Å². The number of ether oxygens (including phenoxy) is 2. The Kier molecular flexibility index (Phi) is 10.0. The Hall–Kier alpha value is -4.99. The third-order valence-corrected chi connectivity index (χ3v) is 6.14. The number of nitrogens with one attached hydrogen (secondary N) is 2. The van der Waals surface area contributed by atoms with Gasteiger partial charge in [-0.3, -0.25) is 9.59 Å². The summed E-state index contributed by atoms with van der Waals surface area (Å²) in [5.41, 5.74) is 4.42. The number of esters is 2. The van der Waals surface area contributed by atoms with Crippen molar-refractivity contribution in [2.75, 3.05) is 6.54 Å². The van der Waals surface area contributed by atoms with Gasteiger partial charge in [-0.25, -0.2) is 15.0 Å². The third kappa shape index (κ3) is 8.50. The first-order chi connectivity index (χ1) is 20.2. The van der Waals surface area contributed by atoms with E-state index in [1.807, 2.05) is 13.0 Å². The Bertz CT molecular complexity index is 1650. The van der Waals surface area contributed by atoms with Gasteiger partial charge in [-0.05, 0) is 79.7 Å². The lowest BCUT2D eigenvalue weighted by molar-refractivity contribution is -0.120. The van der Waals surface area contributed by atoms with Crippen molar-refractivity contribution >= 4 is 53.2 Å². The number of rotatable bonds is 9. The summed E-state index contributed by atoms with van der Waals surface area (Å²) in [5.74, 6) is -2.25. The minimum Gasteiger partial charge on any atom is -0.423 e. The minimum atomic E-state index is -0.703. The molecular weight excluding hydrogens is 581 g/mol. The van der Waals surface area contributed by atoms with Crippen LogP contribution in [0.15, 0.2) is 96.1 Å². The molecule has 42 heavy (non-hydrogen) atoms. The molecule has 0 heterocycles. The van der Waals surface area contributed by atoms with E-state index in [0.717, 1.165) is 5.56 Å². The molecule has 11 heteroatoms. The Morgan fingerprint density at radius 3 is 2.00 bits per heavy atom. The molecule has 0 spiro atoms. The lowest BCUT2D eigenvalue weighted by Crippen LogP contribution is -2.34. The van der Waals surface area contributed by atoms with E-state index in [9.17, 15) is 19.2 Å². The van der Waals surface area contributed by atoms with Crippen LogP contribution in [0.4, 0.5) is 0 Å². The monoisotopic (exact) mass is 603 g/mol. The molecule has 0 radical (unpaired) electrons. The molecule has 4 aromatic carbocycles. The summed E-state index contributed by atoms with van der Waals surface area (Å²) in [6.07, 6.45) is 1.25. The van der Waals surface area contributed by atoms with Crippen LogP contribution in [0.3, 0.4) is 0 Å². The smallest absolute Gasteiger partial charge is 0.343 e. The summed E-state index contributed by atoms with van der Waals surface area (Å²) >= 11 is 11.8. The zero-order valence-electron chi connectivity index (χ0n) is 22.1. The summed E-state index contributed by atoms with van der Waals surface area (Å²) in [7, 11) is 0. The fourth-order valence-corrected chi connectivity index (χ4v) is 3.78. The molecule has 212 valence electrons. The highest BCUT2D eigenvalue weighted by Gasteiger charge is 2.15. The second kappa shape index (κ2) is 14.1. The quantitative estimate of drug-likeness (QED) is 0.111. The number of nitrogens with zero attached hydrogens (tertiary/aromatic N) is 1. The van der Waals surface area contributed by atoms with Crippen molar-refractivity contribution in [2.45, 2.75) is 6.92 Å². The van der Waals surface area contributed by atoms with Crippen molar-refractivity contribution in [2.24, 2.45) is 5.10 Å². The van der Waals surface area contributed by atoms with Gasteiger partial charge in [-0.1, -0.05) is 40.9 Å². The number of hydrogen-bond acceptors (Lipinski definition) is 7.